The molecule has 9 heteroatoms. The van der Waals surface area contributed by atoms with Crippen LogP contribution in [0.15, 0.2) is 47.4 Å². The molecule has 0 atom stereocenters. The summed E-state index contributed by atoms with van der Waals surface area (Å²) in [7, 11) is -1.22. The summed E-state index contributed by atoms with van der Waals surface area (Å²) in [5.74, 6) is 0.463. The molecular formula is C21H26N2O6S. The first-order valence-corrected chi connectivity index (χ1v) is 10.9. The molecule has 30 heavy (non-hydrogen) atoms. The number of nitrogens with zero attached hydrogens (tertiary/aromatic N) is 1. The third-order valence-electron chi connectivity index (χ3n) is 4.83. The van der Waals surface area contributed by atoms with Crippen LogP contribution in [0.2, 0.25) is 0 Å². The van der Waals surface area contributed by atoms with E-state index in [-0.39, 0.29) is 23.2 Å². The number of amides is 1. The van der Waals surface area contributed by atoms with Gasteiger partial charge in [0.1, 0.15) is 21.9 Å². The van der Waals surface area contributed by atoms with E-state index in [9.17, 15) is 13.2 Å². The third-order valence-corrected chi connectivity index (χ3v) is 6.16. The van der Waals surface area contributed by atoms with Crippen molar-refractivity contribution < 1.29 is 26.9 Å². The first-order valence-electron chi connectivity index (χ1n) is 9.50. The average Bonchev–Trinajstić information content (AvgIpc) is 2.72. The lowest BCUT2D eigenvalue weighted by Crippen LogP contribution is -2.54. The van der Waals surface area contributed by atoms with Gasteiger partial charge in [-0.1, -0.05) is 12.1 Å². The van der Waals surface area contributed by atoms with E-state index < -0.39 is 15.7 Å². The van der Waals surface area contributed by atoms with E-state index in [0.717, 1.165) is 11.4 Å². The Hall–Kier alpha value is -2.78. The number of fused-ring (bicyclic) bond motifs is 1. The zero-order valence-electron chi connectivity index (χ0n) is 17.5. The third kappa shape index (κ3) is 4.36. The summed E-state index contributed by atoms with van der Waals surface area (Å²) >= 11 is 0. The van der Waals surface area contributed by atoms with Crippen LogP contribution in [0, 0.1) is 0 Å². The van der Waals surface area contributed by atoms with Crippen molar-refractivity contribution >= 4 is 27.4 Å². The van der Waals surface area contributed by atoms with Crippen molar-refractivity contribution in [3.8, 4) is 11.5 Å². The van der Waals surface area contributed by atoms with Gasteiger partial charge in [0.05, 0.1) is 32.2 Å². The van der Waals surface area contributed by atoms with Crippen LogP contribution in [-0.4, -0.2) is 47.2 Å². The van der Waals surface area contributed by atoms with Crippen LogP contribution < -0.4 is 19.7 Å². The smallest absolute Gasteiger partial charge is 0.300 e. The van der Waals surface area contributed by atoms with Gasteiger partial charge in [-0.2, -0.15) is 8.42 Å². The van der Waals surface area contributed by atoms with Gasteiger partial charge in [-0.15, -0.1) is 0 Å². The maximum absolute atomic E-state index is 12.9. The van der Waals surface area contributed by atoms with E-state index in [1.54, 1.807) is 11.0 Å². The number of carbonyl (C=O) groups excluding carboxylic acids is 1. The molecule has 0 aromatic heterocycles. The topological polar surface area (TPSA) is 94.2 Å². The van der Waals surface area contributed by atoms with E-state index in [4.69, 9.17) is 13.7 Å². The molecule has 3 rings (SSSR count). The lowest BCUT2D eigenvalue weighted by molar-refractivity contribution is -0.122. The summed E-state index contributed by atoms with van der Waals surface area (Å²) in [5, 5.41) is 3.23. The summed E-state index contributed by atoms with van der Waals surface area (Å²) in [6, 6.07) is 12.0. The van der Waals surface area contributed by atoms with Crippen molar-refractivity contribution in [3.05, 3.63) is 42.5 Å². The lowest BCUT2D eigenvalue weighted by Gasteiger charge is -2.40. The fourth-order valence-electron chi connectivity index (χ4n) is 3.31. The molecule has 0 unspecified atom stereocenters. The number of para-hydroxylation sites is 2. The number of anilines is 2. The van der Waals surface area contributed by atoms with Crippen LogP contribution in [0.5, 0.6) is 11.5 Å². The fourth-order valence-corrected chi connectivity index (χ4v) is 4.43. The molecule has 0 saturated heterocycles. The van der Waals surface area contributed by atoms with Crippen LogP contribution in [0.4, 0.5) is 11.4 Å². The van der Waals surface area contributed by atoms with Gasteiger partial charge in [-0.25, -0.2) is 0 Å². The zero-order chi connectivity index (χ0) is 21.9. The van der Waals surface area contributed by atoms with E-state index in [1.165, 1.54) is 26.4 Å². The van der Waals surface area contributed by atoms with E-state index in [1.807, 2.05) is 38.1 Å². The molecule has 0 radical (unpaired) electrons. The maximum atomic E-state index is 12.9. The van der Waals surface area contributed by atoms with Gasteiger partial charge in [0.25, 0.3) is 5.91 Å². The highest BCUT2D eigenvalue weighted by molar-refractivity contribution is 7.86. The molecule has 1 aliphatic rings. The predicted octanol–water partition coefficient (Wildman–Crippen LogP) is 3.04. The molecule has 8 nitrogen and oxygen atoms in total. The maximum Gasteiger partial charge on any atom is 0.300 e. The summed E-state index contributed by atoms with van der Waals surface area (Å²) < 4.78 is 40.7. The van der Waals surface area contributed by atoms with Crippen molar-refractivity contribution in [2.45, 2.75) is 30.7 Å². The van der Waals surface area contributed by atoms with Crippen molar-refractivity contribution in [1.82, 2.24) is 0 Å². The molecule has 0 saturated carbocycles. The SMILES string of the molecule is COc1ccc(OC)c(S(=O)(=O)OCCCN2C(=O)C(C)(C)Nc3ccccc32)c1. The minimum Gasteiger partial charge on any atom is -0.497 e. The van der Waals surface area contributed by atoms with Crippen molar-refractivity contribution in [1.29, 1.82) is 0 Å². The molecule has 1 N–H and O–H groups in total. The number of ether oxygens (including phenoxy) is 2. The molecule has 0 fully saturated rings. The summed E-state index contributed by atoms with van der Waals surface area (Å²) in [4.78, 5) is 14.4. The quantitative estimate of drug-likeness (QED) is 0.504. The molecule has 1 aliphatic heterocycles. The Morgan fingerprint density at radius 2 is 1.80 bits per heavy atom. The van der Waals surface area contributed by atoms with Gasteiger partial charge in [-0.05, 0) is 44.5 Å². The highest BCUT2D eigenvalue weighted by Crippen LogP contribution is 2.35. The number of hydrogen-bond acceptors (Lipinski definition) is 7. The van der Waals surface area contributed by atoms with Crippen LogP contribution in [0.3, 0.4) is 0 Å². The monoisotopic (exact) mass is 434 g/mol. The second-order valence-corrected chi connectivity index (χ2v) is 8.95. The highest BCUT2D eigenvalue weighted by atomic mass is 32.2. The van der Waals surface area contributed by atoms with Gasteiger partial charge in [0, 0.05) is 12.6 Å². The molecule has 0 aliphatic carbocycles. The Balaban J connectivity index is 1.70. The van der Waals surface area contributed by atoms with Gasteiger partial charge in [0.15, 0.2) is 0 Å². The summed E-state index contributed by atoms with van der Waals surface area (Å²) in [6.07, 6.45) is 0.335. The zero-order valence-corrected chi connectivity index (χ0v) is 18.3. The fraction of sp³-hybridized carbons (Fsp3) is 0.381. The van der Waals surface area contributed by atoms with Crippen LogP contribution >= 0.6 is 0 Å². The molecule has 1 heterocycles. The predicted molar refractivity (Wildman–Crippen MR) is 114 cm³/mol. The Bertz CT molecular complexity index is 1040. The van der Waals surface area contributed by atoms with Gasteiger partial charge in [0.2, 0.25) is 0 Å². The van der Waals surface area contributed by atoms with Crippen LogP contribution in [0.1, 0.15) is 20.3 Å². The van der Waals surface area contributed by atoms with Crippen molar-refractivity contribution in [3.63, 3.8) is 0 Å². The van der Waals surface area contributed by atoms with Gasteiger partial charge in [-0.3, -0.25) is 8.98 Å². The standard InChI is InChI=1S/C21H26N2O6S/c1-21(2)20(24)23(17-9-6-5-8-16(17)22-21)12-7-13-29-30(25,26)19-14-15(27-3)10-11-18(19)28-4/h5-6,8-11,14,22H,7,12-13H2,1-4H3. The molecular weight excluding hydrogens is 408 g/mol. The second kappa shape index (κ2) is 8.53. The molecule has 2 aromatic carbocycles. The molecule has 162 valence electrons. The van der Waals surface area contributed by atoms with Crippen LogP contribution in [0.25, 0.3) is 0 Å². The van der Waals surface area contributed by atoms with Crippen molar-refractivity contribution in [2.75, 3.05) is 37.6 Å². The average molecular weight is 435 g/mol. The minimum absolute atomic E-state index is 0.0809. The van der Waals surface area contributed by atoms with E-state index in [2.05, 4.69) is 5.32 Å². The number of carbonyl (C=O) groups is 1. The molecule has 2 aromatic rings. The van der Waals surface area contributed by atoms with Gasteiger partial charge >= 0.3 is 10.1 Å². The normalized spacial score (nSPS) is 15.3. The first-order chi connectivity index (χ1) is 14.2. The van der Waals surface area contributed by atoms with E-state index in [0.29, 0.717) is 18.7 Å². The Labute approximate surface area is 176 Å². The summed E-state index contributed by atoms with van der Waals surface area (Å²) in [6.45, 7) is 3.87. The van der Waals surface area contributed by atoms with Gasteiger partial charge < -0.3 is 19.7 Å². The van der Waals surface area contributed by atoms with Crippen molar-refractivity contribution in [2.24, 2.45) is 0 Å². The lowest BCUT2D eigenvalue weighted by atomic mass is 9.98. The summed E-state index contributed by atoms with van der Waals surface area (Å²) in [5.41, 5.74) is 0.866. The largest absolute Gasteiger partial charge is 0.497 e. The van der Waals surface area contributed by atoms with Crippen LogP contribution in [-0.2, 0) is 19.1 Å². The number of methoxy groups -OCH3 is 2. The highest BCUT2D eigenvalue weighted by Gasteiger charge is 2.38. The molecule has 1 amide bonds. The molecule has 0 spiro atoms. The number of benzene rings is 2. The number of rotatable bonds is 8. The number of nitrogens with one attached hydrogen (secondary N) is 1. The second-order valence-electron chi connectivity index (χ2n) is 7.37. The number of hydrogen-bond donors (Lipinski definition) is 1. The Kier molecular flexibility index (Phi) is 6.23. The Morgan fingerprint density at radius 1 is 1.07 bits per heavy atom. The minimum atomic E-state index is -4.06. The van der Waals surface area contributed by atoms with E-state index >= 15 is 0 Å². The Morgan fingerprint density at radius 3 is 2.50 bits per heavy atom. The first kappa shape index (κ1) is 21.9. The molecule has 0 bridgehead atoms.